The number of fused-ring (bicyclic) bond motifs is 1. The summed E-state index contributed by atoms with van der Waals surface area (Å²) in [6.45, 7) is 0. The van der Waals surface area contributed by atoms with Gasteiger partial charge in [-0.3, -0.25) is 0 Å². The minimum Gasteiger partial charge on any atom is -0.206 e. The van der Waals surface area contributed by atoms with E-state index in [2.05, 4.69) is 25.5 Å². The highest BCUT2D eigenvalue weighted by atomic mass is 32.2. The lowest BCUT2D eigenvalue weighted by molar-refractivity contribution is 0.629. The second-order valence-electron chi connectivity index (χ2n) is 5.73. The van der Waals surface area contributed by atoms with Crippen LogP contribution in [0.25, 0.3) is 17.0 Å². The van der Waals surface area contributed by atoms with Crippen LogP contribution in [0.15, 0.2) is 45.8 Å². The van der Waals surface area contributed by atoms with Crippen LogP contribution in [0.3, 0.4) is 0 Å². The molecule has 25 heavy (non-hydrogen) atoms. The molecular weight excluding hydrogens is 359 g/mol. The number of rotatable bonds is 4. The SMILES string of the molecule is Fc1ccccc1-c1nnc2ccc(Sc3nnc(C4CC4)s3)nn12. The topological polar surface area (TPSA) is 68.9 Å². The molecule has 9 heteroatoms. The highest BCUT2D eigenvalue weighted by Gasteiger charge is 2.27. The van der Waals surface area contributed by atoms with Crippen molar-refractivity contribution in [3.8, 4) is 11.4 Å². The van der Waals surface area contributed by atoms with E-state index in [9.17, 15) is 4.39 Å². The minimum absolute atomic E-state index is 0.352. The van der Waals surface area contributed by atoms with Crippen molar-refractivity contribution in [3.63, 3.8) is 0 Å². The number of benzene rings is 1. The van der Waals surface area contributed by atoms with E-state index in [1.165, 1.54) is 30.7 Å². The minimum atomic E-state index is -0.352. The van der Waals surface area contributed by atoms with E-state index < -0.39 is 0 Å². The van der Waals surface area contributed by atoms with E-state index in [4.69, 9.17) is 0 Å². The van der Waals surface area contributed by atoms with Crippen molar-refractivity contribution in [2.24, 2.45) is 0 Å². The third-order valence-corrected chi connectivity index (χ3v) is 5.96. The molecule has 6 nitrogen and oxygen atoms in total. The zero-order valence-corrected chi connectivity index (χ0v) is 14.5. The third kappa shape index (κ3) is 2.79. The maximum Gasteiger partial charge on any atom is 0.188 e. The molecule has 3 aromatic heterocycles. The molecular formula is C16H11FN6S2. The molecule has 0 saturated heterocycles. The molecule has 0 radical (unpaired) electrons. The van der Waals surface area contributed by atoms with Crippen LogP contribution in [0.5, 0.6) is 0 Å². The van der Waals surface area contributed by atoms with Crippen molar-refractivity contribution < 1.29 is 4.39 Å². The first-order valence-electron chi connectivity index (χ1n) is 7.76. The third-order valence-electron chi connectivity index (χ3n) is 3.89. The standard InChI is InChI=1S/C16H11FN6S2/c17-11-4-2-1-3-10(11)14-19-18-12-7-8-13(22-23(12)14)24-16-21-20-15(25-16)9-5-6-9/h1-4,7-9H,5-6H2. The van der Waals surface area contributed by atoms with Crippen molar-refractivity contribution >= 4 is 28.7 Å². The van der Waals surface area contributed by atoms with E-state index in [0.29, 0.717) is 23.0 Å². The van der Waals surface area contributed by atoms with Crippen molar-refractivity contribution in [2.75, 3.05) is 0 Å². The Morgan fingerprint density at radius 2 is 1.92 bits per heavy atom. The average molecular weight is 370 g/mol. The Morgan fingerprint density at radius 3 is 2.76 bits per heavy atom. The molecule has 1 aliphatic carbocycles. The molecule has 0 amide bonds. The molecule has 0 aliphatic heterocycles. The molecule has 0 unspecified atom stereocenters. The van der Waals surface area contributed by atoms with Gasteiger partial charge in [-0.15, -0.1) is 20.4 Å². The van der Waals surface area contributed by atoms with Crippen LogP contribution in [0, 0.1) is 5.82 Å². The maximum atomic E-state index is 14.1. The van der Waals surface area contributed by atoms with E-state index in [1.807, 2.05) is 12.1 Å². The van der Waals surface area contributed by atoms with Crippen LogP contribution in [-0.4, -0.2) is 30.0 Å². The van der Waals surface area contributed by atoms with Gasteiger partial charge < -0.3 is 0 Å². The van der Waals surface area contributed by atoms with Gasteiger partial charge in [-0.1, -0.05) is 23.5 Å². The average Bonchev–Trinajstić information content (AvgIpc) is 3.23. The van der Waals surface area contributed by atoms with Crippen LogP contribution in [0.4, 0.5) is 4.39 Å². The van der Waals surface area contributed by atoms with Gasteiger partial charge in [0, 0.05) is 5.92 Å². The zero-order valence-electron chi connectivity index (χ0n) is 12.8. The Hall–Kier alpha value is -2.39. The van der Waals surface area contributed by atoms with E-state index in [1.54, 1.807) is 34.1 Å². The molecule has 4 aromatic rings. The fourth-order valence-corrected chi connectivity index (χ4v) is 4.43. The lowest BCUT2D eigenvalue weighted by Gasteiger charge is -2.02. The van der Waals surface area contributed by atoms with Gasteiger partial charge in [0.1, 0.15) is 15.9 Å². The number of hydrogen-bond donors (Lipinski definition) is 0. The van der Waals surface area contributed by atoms with Gasteiger partial charge in [-0.2, -0.15) is 9.61 Å². The molecule has 1 saturated carbocycles. The van der Waals surface area contributed by atoms with Gasteiger partial charge in [-0.05, 0) is 48.9 Å². The largest absolute Gasteiger partial charge is 0.206 e. The summed E-state index contributed by atoms with van der Waals surface area (Å²) < 4.78 is 16.5. The summed E-state index contributed by atoms with van der Waals surface area (Å²) in [5.41, 5.74) is 0.940. The highest BCUT2D eigenvalue weighted by Crippen LogP contribution is 2.43. The summed E-state index contributed by atoms with van der Waals surface area (Å²) in [5, 5.41) is 23.0. The van der Waals surface area contributed by atoms with Crippen LogP contribution >= 0.6 is 23.1 Å². The lowest BCUT2D eigenvalue weighted by atomic mass is 10.2. The Balaban J connectivity index is 1.52. The first-order chi connectivity index (χ1) is 12.3. The summed E-state index contributed by atoms with van der Waals surface area (Å²) in [4.78, 5) is 0. The lowest BCUT2D eigenvalue weighted by Crippen LogP contribution is -1.97. The van der Waals surface area contributed by atoms with E-state index in [-0.39, 0.29) is 5.82 Å². The van der Waals surface area contributed by atoms with Crippen LogP contribution in [-0.2, 0) is 0 Å². The number of hydrogen-bond acceptors (Lipinski definition) is 7. The van der Waals surface area contributed by atoms with Gasteiger partial charge in [0.15, 0.2) is 15.8 Å². The Bertz CT molecular complexity index is 1070. The summed E-state index contributed by atoms with van der Waals surface area (Å²) in [6, 6.07) is 10.1. The fourth-order valence-electron chi connectivity index (χ4n) is 2.48. The molecule has 0 atom stereocenters. The van der Waals surface area contributed by atoms with Gasteiger partial charge in [0.05, 0.1) is 5.56 Å². The van der Waals surface area contributed by atoms with Crippen molar-refractivity contribution in [1.82, 2.24) is 30.0 Å². The summed E-state index contributed by atoms with van der Waals surface area (Å²) in [7, 11) is 0. The number of aromatic nitrogens is 6. The van der Waals surface area contributed by atoms with E-state index in [0.717, 1.165) is 14.4 Å². The predicted molar refractivity (Wildman–Crippen MR) is 92.2 cm³/mol. The first-order valence-corrected chi connectivity index (χ1v) is 9.40. The Kier molecular flexibility index (Phi) is 3.49. The molecule has 0 bridgehead atoms. The van der Waals surface area contributed by atoms with Crippen LogP contribution in [0.1, 0.15) is 23.8 Å². The summed E-state index contributed by atoms with van der Waals surface area (Å²) in [6.07, 6.45) is 2.41. The molecule has 1 fully saturated rings. The zero-order chi connectivity index (χ0) is 16.8. The highest BCUT2D eigenvalue weighted by molar-refractivity contribution is 8.01. The molecule has 0 spiro atoms. The number of halogens is 1. The van der Waals surface area contributed by atoms with Crippen LogP contribution < -0.4 is 0 Å². The fraction of sp³-hybridized carbons (Fsp3) is 0.188. The Morgan fingerprint density at radius 1 is 1.04 bits per heavy atom. The molecule has 124 valence electrons. The van der Waals surface area contributed by atoms with Gasteiger partial charge >= 0.3 is 0 Å². The van der Waals surface area contributed by atoms with Gasteiger partial charge in [0.2, 0.25) is 0 Å². The predicted octanol–water partition coefficient (Wildman–Crippen LogP) is 3.81. The number of nitrogens with zero attached hydrogens (tertiary/aromatic N) is 6. The normalized spacial score (nSPS) is 14.3. The molecule has 0 N–H and O–H groups in total. The van der Waals surface area contributed by atoms with Crippen LogP contribution in [0.2, 0.25) is 0 Å². The second kappa shape index (κ2) is 5.85. The Labute approximate surface area is 150 Å². The maximum absolute atomic E-state index is 14.1. The van der Waals surface area contributed by atoms with Crippen molar-refractivity contribution in [3.05, 3.63) is 47.2 Å². The van der Waals surface area contributed by atoms with Gasteiger partial charge in [0.25, 0.3) is 0 Å². The molecule has 1 aliphatic rings. The quantitative estimate of drug-likeness (QED) is 0.544. The first kappa shape index (κ1) is 14.9. The molecule has 1 aromatic carbocycles. The summed E-state index contributed by atoms with van der Waals surface area (Å²) >= 11 is 3.05. The second-order valence-corrected chi connectivity index (χ2v) is 8.00. The monoisotopic (exact) mass is 370 g/mol. The van der Waals surface area contributed by atoms with Crippen molar-refractivity contribution in [2.45, 2.75) is 28.1 Å². The van der Waals surface area contributed by atoms with Gasteiger partial charge in [-0.25, -0.2) is 4.39 Å². The van der Waals surface area contributed by atoms with Crippen molar-refractivity contribution in [1.29, 1.82) is 0 Å². The molecule has 5 rings (SSSR count). The molecule has 3 heterocycles. The van der Waals surface area contributed by atoms with E-state index >= 15 is 0 Å². The smallest absolute Gasteiger partial charge is 0.188 e. The summed E-state index contributed by atoms with van der Waals surface area (Å²) in [5.74, 6) is 0.620.